The Morgan fingerprint density at radius 3 is 2.67 bits per heavy atom. The number of benzene rings is 1. The van der Waals surface area contributed by atoms with Crippen LogP contribution in [0.1, 0.15) is 12.5 Å². The van der Waals surface area contributed by atoms with Crippen LogP contribution in [0.3, 0.4) is 0 Å². The summed E-state index contributed by atoms with van der Waals surface area (Å²) in [5.74, 6) is 0.716. The van der Waals surface area contributed by atoms with Gasteiger partial charge in [0.05, 0.1) is 11.6 Å². The maximum atomic E-state index is 6.11. The fraction of sp³-hybridized carbons (Fsp3) is 0.214. The largest absolute Gasteiger partial charge is 0.492 e. The number of nitrogens with zero attached hydrogens (tertiary/aromatic N) is 1. The number of anilines is 1. The van der Waals surface area contributed by atoms with Gasteiger partial charge in [0.2, 0.25) is 0 Å². The highest BCUT2D eigenvalue weighted by Gasteiger charge is 2.02. The van der Waals surface area contributed by atoms with Gasteiger partial charge in [-0.2, -0.15) is 0 Å². The lowest BCUT2D eigenvalue weighted by atomic mass is 10.2. The second-order valence-electron chi connectivity index (χ2n) is 3.79. The van der Waals surface area contributed by atoms with E-state index in [1.165, 1.54) is 5.56 Å². The first kappa shape index (κ1) is 12.7. The highest BCUT2D eigenvalue weighted by atomic mass is 35.5. The summed E-state index contributed by atoms with van der Waals surface area (Å²) in [6.07, 6.45) is 3.56. The average molecular weight is 263 g/mol. The summed E-state index contributed by atoms with van der Waals surface area (Å²) in [4.78, 5) is 3.98. The van der Waals surface area contributed by atoms with Gasteiger partial charge in [-0.25, -0.2) is 0 Å². The Hall–Kier alpha value is -1.74. The molecule has 1 N–H and O–H groups in total. The molecule has 4 heteroatoms. The number of hydrogen-bond donors (Lipinski definition) is 1. The normalized spacial score (nSPS) is 10.1. The van der Waals surface area contributed by atoms with Crippen LogP contribution in [0.2, 0.25) is 5.02 Å². The van der Waals surface area contributed by atoms with Gasteiger partial charge in [0.25, 0.3) is 0 Å². The van der Waals surface area contributed by atoms with Crippen molar-refractivity contribution in [3.63, 3.8) is 0 Å². The zero-order valence-corrected chi connectivity index (χ0v) is 10.9. The standard InChI is InChI=1S/C14H15ClN2O/c1-2-18-14-4-3-12(9-13(14)15)17-10-11-5-7-16-8-6-11/h3-9,17H,2,10H2,1H3. The summed E-state index contributed by atoms with van der Waals surface area (Å²) in [5.41, 5.74) is 2.15. The molecular weight excluding hydrogens is 248 g/mol. The smallest absolute Gasteiger partial charge is 0.138 e. The van der Waals surface area contributed by atoms with Crippen LogP contribution in [-0.2, 0) is 6.54 Å². The SMILES string of the molecule is CCOc1ccc(NCc2ccncc2)cc1Cl. The molecule has 0 unspecified atom stereocenters. The maximum Gasteiger partial charge on any atom is 0.138 e. The molecule has 94 valence electrons. The van der Waals surface area contributed by atoms with E-state index in [0.717, 1.165) is 12.2 Å². The minimum absolute atomic E-state index is 0.615. The first-order valence-electron chi connectivity index (χ1n) is 5.84. The van der Waals surface area contributed by atoms with Crippen molar-refractivity contribution >= 4 is 17.3 Å². The molecule has 0 amide bonds. The fourth-order valence-electron chi connectivity index (χ4n) is 1.59. The Morgan fingerprint density at radius 2 is 2.00 bits per heavy atom. The van der Waals surface area contributed by atoms with E-state index in [4.69, 9.17) is 16.3 Å². The molecule has 1 heterocycles. The number of nitrogens with one attached hydrogen (secondary N) is 1. The molecule has 0 saturated carbocycles. The van der Waals surface area contributed by atoms with Gasteiger partial charge in [0, 0.05) is 24.6 Å². The van der Waals surface area contributed by atoms with Crippen LogP contribution in [0.5, 0.6) is 5.75 Å². The van der Waals surface area contributed by atoms with Gasteiger partial charge in [-0.05, 0) is 42.8 Å². The third-order valence-corrected chi connectivity index (χ3v) is 2.77. The van der Waals surface area contributed by atoms with Gasteiger partial charge < -0.3 is 10.1 Å². The van der Waals surface area contributed by atoms with Gasteiger partial charge in [-0.3, -0.25) is 4.98 Å². The van der Waals surface area contributed by atoms with Crippen molar-refractivity contribution in [3.05, 3.63) is 53.3 Å². The summed E-state index contributed by atoms with van der Waals surface area (Å²) in [6.45, 7) is 3.29. The topological polar surface area (TPSA) is 34.1 Å². The van der Waals surface area contributed by atoms with Crippen molar-refractivity contribution in [1.29, 1.82) is 0 Å². The van der Waals surface area contributed by atoms with E-state index in [1.807, 2.05) is 37.3 Å². The van der Waals surface area contributed by atoms with Crippen LogP contribution in [0.15, 0.2) is 42.7 Å². The molecule has 3 nitrogen and oxygen atoms in total. The second kappa shape index (κ2) is 6.26. The maximum absolute atomic E-state index is 6.11. The van der Waals surface area contributed by atoms with Crippen LogP contribution < -0.4 is 10.1 Å². The predicted molar refractivity (Wildman–Crippen MR) is 74.2 cm³/mol. The lowest BCUT2D eigenvalue weighted by Gasteiger charge is -2.09. The van der Waals surface area contributed by atoms with Crippen LogP contribution in [0.4, 0.5) is 5.69 Å². The van der Waals surface area contributed by atoms with E-state index in [0.29, 0.717) is 17.4 Å². The molecule has 1 aromatic heterocycles. The summed E-state index contributed by atoms with van der Waals surface area (Å²) in [6, 6.07) is 9.65. The Bertz CT molecular complexity index is 502. The highest BCUT2D eigenvalue weighted by molar-refractivity contribution is 6.32. The molecule has 0 aliphatic rings. The molecule has 0 bridgehead atoms. The Kier molecular flexibility index (Phi) is 4.42. The summed E-state index contributed by atoms with van der Waals surface area (Å²) < 4.78 is 5.39. The van der Waals surface area contributed by atoms with Crippen molar-refractivity contribution in [2.75, 3.05) is 11.9 Å². The van der Waals surface area contributed by atoms with Crippen LogP contribution in [-0.4, -0.2) is 11.6 Å². The van der Waals surface area contributed by atoms with E-state index < -0.39 is 0 Å². The predicted octanol–water partition coefficient (Wildman–Crippen LogP) is 3.75. The Morgan fingerprint density at radius 1 is 1.22 bits per heavy atom. The van der Waals surface area contributed by atoms with E-state index in [1.54, 1.807) is 12.4 Å². The molecule has 0 radical (unpaired) electrons. The van der Waals surface area contributed by atoms with Gasteiger partial charge in [-0.1, -0.05) is 11.6 Å². The van der Waals surface area contributed by atoms with Crippen LogP contribution >= 0.6 is 11.6 Å². The number of hydrogen-bond acceptors (Lipinski definition) is 3. The summed E-state index contributed by atoms with van der Waals surface area (Å²) >= 11 is 6.11. The van der Waals surface area contributed by atoms with Gasteiger partial charge in [0.1, 0.15) is 5.75 Å². The van der Waals surface area contributed by atoms with E-state index in [2.05, 4.69) is 10.3 Å². The quantitative estimate of drug-likeness (QED) is 0.891. The zero-order valence-electron chi connectivity index (χ0n) is 10.2. The molecule has 0 aliphatic carbocycles. The summed E-state index contributed by atoms with van der Waals surface area (Å²) in [7, 11) is 0. The number of aromatic nitrogens is 1. The fourth-order valence-corrected chi connectivity index (χ4v) is 1.82. The molecule has 18 heavy (non-hydrogen) atoms. The van der Waals surface area contributed by atoms with Crippen LogP contribution in [0.25, 0.3) is 0 Å². The lowest BCUT2D eigenvalue weighted by molar-refractivity contribution is 0.340. The Balaban J connectivity index is 2.00. The molecule has 0 aliphatic heterocycles. The van der Waals surface area contributed by atoms with Gasteiger partial charge in [0.15, 0.2) is 0 Å². The number of rotatable bonds is 5. The molecule has 2 aromatic rings. The first-order chi connectivity index (χ1) is 8.79. The van der Waals surface area contributed by atoms with E-state index in [9.17, 15) is 0 Å². The van der Waals surface area contributed by atoms with Crippen molar-refractivity contribution in [2.24, 2.45) is 0 Å². The van der Waals surface area contributed by atoms with Crippen LogP contribution in [0, 0.1) is 0 Å². The Labute approximate surface area is 112 Å². The van der Waals surface area contributed by atoms with Crippen molar-refractivity contribution in [2.45, 2.75) is 13.5 Å². The monoisotopic (exact) mass is 262 g/mol. The third-order valence-electron chi connectivity index (χ3n) is 2.48. The average Bonchev–Trinajstić information content (AvgIpc) is 2.41. The van der Waals surface area contributed by atoms with E-state index >= 15 is 0 Å². The van der Waals surface area contributed by atoms with Gasteiger partial charge >= 0.3 is 0 Å². The van der Waals surface area contributed by atoms with Crippen molar-refractivity contribution in [3.8, 4) is 5.75 Å². The number of pyridine rings is 1. The second-order valence-corrected chi connectivity index (χ2v) is 4.19. The molecule has 2 rings (SSSR count). The molecule has 0 atom stereocenters. The minimum Gasteiger partial charge on any atom is -0.492 e. The lowest BCUT2D eigenvalue weighted by Crippen LogP contribution is -2.00. The molecule has 0 fully saturated rings. The van der Waals surface area contributed by atoms with Gasteiger partial charge in [-0.15, -0.1) is 0 Å². The third kappa shape index (κ3) is 3.37. The number of halogens is 1. The first-order valence-corrected chi connectivity index (χ1v) is 6.22. The molecule has 0 saturated heterocycles. The zero-order chi connectivity index (χ0) is 12.8. The van der Waals surface area contributed by atoms with E-state index in [-0.39, 0.29) is 0 Å². The summed E-state index contributed by atoms with van der Waals surface area (Å²) in [5, 5.41) is 3.93. The highest BCUT2D eigenvalue weighted by Crippen LogP contribution is 2.27. The molecular formula is C14H15ClN2O. The minimum atomic E-state index is 0.615. The number of ether oxygens (including phenoxy) is 1. The van der Waals surface area contributed by atoms with Crippen molar-refractivity contribution < 1.29 is 4.74 Å². The molecule has 1 aromatic carbocycles. The van der Waals surface area contributed by atoms with Crippen molar-refractivity contribution in [1.82, 2.24) is 4.98 Å². The molecule has 0 spiro atoms.